The van der Waals surface area contributed by atoms with E-state index in [1.807, 2.05) is 26.2 Å². The zero-order chi connectivity index (χ0) is 15.2. The topological polar surface area (TPSA) is 54.7 Å². The van der Waals surface area contributed by atoms with Gasteiger partial charge in [0.15, 0.2) is 0 Å². The van der Waals surface area contributed by atoms with Crippen molar-refractivity contribution in [2.45, 2.75) is 13.1 Å². The Labute approximate surface area is 124 Å². The molecule has 112 valence electrons. The van der Waals surface area contributed by atoms with Crippen molar-refractivity contribution < 1.29 is 13.9 Å². The fourth-order valence-electron chi connectivity index (χ4n) is 2.09. The van der Waals surface area contributed by atoms with Crippen LogP contribution in [0.25, 0.3) is 0 Å². The minimum absolute atomic E-state index is 0.245. The molecule has 0 spiro atoms. The van der Waals surface area contributed by atoms with Gasteiger partial charge < -0.3 is 19.4 Å². The first kappa shape index (κ1) is 15.1. The Balaban J connectivity index is 2.03. The number of hydrogen-bond acceptors (Lipinski definition) is 5. The number of esters is 1. The summed E-state index contributed by atoms with van der Waals surface area (Å²) < 4.78 is 9.85. The summed E-state index contributed by atoms with van der Waals surface area (Å²) in [4.78, 5) is 13.6. The molecule has 0 aliphatic carbocycles. The lowest BCUT2D eigenvalue weighted by Gasteiger charge is -2.12. The Morgan fingerprint density at radius 3 is 2.86 bits per heavy atom. The van der Waals surface area contributed by atoms with Crippen LogP contribution < -0.4 is 5.32 Å². The maximum Gasteiger partial charge on any atom is 0.374 e. The Bertz CT molecular complexity index is 605. The number of furan rings is 1. The van der Waals surface area contributed by atoms with Crippen LogP contribution in [0.3, 0.4) is 0 Å². The van der Waals surface area contributed by atoms with Crippen LogP contribution in [-0.2, 0) is 17.8 Å². The lowest BCUT2D eigenvalue weighted by atomic mass is 10.2. The quantitative estimate of drug-likeness (QED) is 0.828. The smallest absolute Gasteiger partial charge is 0.374 e. The summed E-state index contributed by atoms with van der Waals surface area (Å²) in [5, 5.41) is 3.29. The number of ether oxygens (including phenoxy) is 1. The number of carbonyl (C=O) groups excluding carboxylic acids is 1. The van der Waals surface area contributed by atoms with E-state index in [9.17, 15) is 4.79 Å². The molecule has 5 nitrogen and oxygen atoms in total. The van der Waals surface area contributed by atoms with Gasteiger partial charge in [-0.25, -0.2) is 4.79 Å². The number of anilines is 1. The van der Waals surface area contributed by atoms with Gasteiger partial charge in [0.2, 0.25) is 5.76 Å². The van der Waals surface area contributed by atoms with Crippen molar-refractivity contribution >= 4 is 11.7 Å². The van der Waals surface area contributed by atoms with Crippen molar-refractivity contribution in [3.05, 3.63) is 53.5 Å². The number of hydrogen-bond donors (Lipinski definition) is 1. The van der Waals surface area contributed by atoms with Crippen LogP contribution in [0.5, 0.6) is 0 Å². The van der Waals surface area contributed by atoms with E-state index < -0.39 is 5.97 Å². The Hall–Kier alpha value is -2.27. The summed E-state index contributed by atoms with van der Waals surface area (Å²) in [7, 11) is 5.41. The average Bonchev–Trinajstić information content (AvgIpc) is 2.92. The molecule has 0 radical (unpaired) electrons. The fraction of sp³-hybridized carbons (Fsp3) is 0.312. The number of benzene rings is 1. The maximum absolute atomic E-state index is 11.5. The Morgan fingerprint density at radius 2 is 2.14 bits per heavy atom. The van der Waals surface area contributed by atoms with Crippen molar-refractivity contribution in [2.75, 3.05) is 26.5 Å². The lowest BCUT2D eigenvalue weighted by molar-refractivity contribution is 0.0563. The highest BCUT2D eigenvalue weighted by atomic mass is 16.5. The number of nitrogens with zero attached hydrogens (tertiary/aromatic N) is 1. The van der Waals surface area contributed by atoms with Crippen LogP contribution in [0.1, 0.15) is 21.7 Å². The standard InChI is InChI=1S/C16H20N2O3/c1-18(2)11-12-5-4-6-14(9-12)17-10-13-7-8-21-15(13)16(19)20-3/h4-9,17H,10-11H2,1-3H3. The van der Waals surface area contributed by atoms with Gasteiger partial charge in [-0.2, -0.15) is 0 Å². The summed E-state index contributed by atoms with van der Waals surface area (Å²) in [6.45, 7) is 1.39. The second kappa shape index (κ2) is 6.95. The molecule has 2 aromatic rings. The van der Waals surface area contributed by atoms with Crippen LogP contribution >= 0.6 is 0 Å². The van der Waals surface area contributed by atoms with E-state index in [1.54, 1.807) is 6.07 Å². The van der Waals surface area contributed by atoms with Crippen LogP contribution in [-0.4, -0.2) is 32.1 Å². The second-order valence-electron chi connectivity index (χ2n) is 5.06. The molecule has 1 heterocycles. The molecular weight excluding hydrogens is 268 g/mol. The van der Waals surface area contributed by atoms with Crippen molar-refractivity contribution in [3.63, 3.8) is 0 Å². The molecular formula is C16H20N2O3. The van der Waals surface area contributed by atoms with Crippen molar-refractivity contribution in [1.82, 2.24) is 4.90 Å². The summed E-state index contributed by atoms with van der Waals surface area (Å²) >= 11 is 0. The molecule has 5 heteroatoms. The molecule has 0 saturated heterocycles. The summed E-state index contributed by atoms with van der Waals surface area (Å²) in [6.07, 6.45) is 1.49. The van der Waals surface area contributed by atoms with E-state index in [0.29, 0.717) is 6.54 Å². The summed E-state index contributed by atoms with van der Waals surface area (Å²) in [6, 6.07) is 9.96. The van der Waals surface area contributed by atoms with Gasteiger partial charge >= 0.3 is 5.97 Å². The highest BCUT2D eigenvalue weighted by molar-refractivity contribution is 5.87. The molecule has 1 aromatic heterocycles. The zero-order valence-corrected chi connectivity index (χ0v) is 12.6. The summed E-state index contributed by atoms with van der Waals surface area (Å²) in [5.74, 6) is -0.215. The minimum atomic E-state index is -0.460. The van der Waals surface area contributed by atoms with Gasteiger partial charge in [0.05, 0.1) is 13.4 Å². The highest BCUT2D eigenvalue weighted by Gasteiger charge is 2.15. The molecule has 0 aliphatic rings. The number of carbonyl (C=O) groups is 1. The van der Waals surface area contributed by atoms with E-state index in [1.165, 1.54) is 18.9 Å². The maximum atomic E-state index is 11.5. The minimum Gasteiger partial charge on any atom is -0.463 e. The van der Waals surface area contributed by atoms with Gasteiger partial charge in [0.25, 0.3) is 0 Å². The van der Waals surface area contributed by atoms with Crippen LogP contribution in [0.4, 0.5) is 5.69 Å². The van der Waals surface area contributed by atoms with Crippen LogP contribution in [0.15, 0.2) is 41.0 Å². The first-order valence-electron chi connectivity index (χ1n) is 6.72. The number of nitrogens with one attached hydrogen (secondary N) is 1. The molecule has 0 unspecified atom stereocenters. The van der Waals surface area contributed by atoms with Crippen LogP contribution in [0.2, 0.25) is 0 Å². The predicted octanol–water partition coefficient (Wildman–Crippen LogP) is 2.74. The fourth-order valence-corrected chi connectivity index (χ4v) is 2.09. The lowest BCUT2D eigenvalue weighted by Crippen LogP contribution is -2.11. The summed E-state index contributed by atoms with van der Waals surface area (Å²) in [5.41, 5.74) is 3.01. The van der Waals surface area contributed by atoms with Gasteiger partial charge in [-0.1, -0.05) is 12.1 Å². The van der Waals surface area contributed by atoms with E-state index >= 15 is 0 Å². The third-order valence-electron chi connectivity index (χ3n) is 3.03. The first-order valence-corrected chi connectivity index (χ1v) is 6.72. The SMILES string of the molecule is COC(=O)c1occc1CNc1cccc(CN(C)C)c1. The predicted molar refractivity (Wildman–Crippen MR) is 81.2 cm³/mol. The molecule has 0 aliphatic heterocycles. The third-order valence-corrected chi connectivity index (χ3v) is 3.03. The van der Waals surface area contributed by atoms with Gasteiger partial charge in [-0.15, -0.1) is 0 Å². The van der Waals surface area contributed by atoms with Gasteiger partial charge in [-0.3, -0.25) is 0 Å². The largest absolute Gasteiger partial charge is 0.463 e. The second-order valence-corrected chi connectivity index (χ2v) is 5.06. The Morgan fingerprint density at radius 1 is 1.33 bits per heavy atom. The first-order chi connectivity index (χ1) is 10.1. The van der Waals surface area contributed by atoms with Gasteiger partial charge in [0.1, 0.15) is 0 Å². The number of methoxy groups -OCH3 is 1. The van der Waals surface area contributed by atoms with Gasteiger partial charge in [-0.05, 0) is 37.9 Å². The molecule has 0 bridgehead atoms. The highest BCUT2D eigenvalue weighted by Crippen LogP contribution is 2.16. The van der Waals surface area contributed by atoms with E-state index in [4.69, 9.17) is 4.42 Å². The van der Waals surface area contributed by atoms with Crippen LogP contribution in [0, 0.1) is 0 Å². The van der Waals surface area contributed by atoms with Crippen molar-refractivity contribution in [1.29, 1.82) is 0 Å². The third kappa shape index (κ3) is 4.10. The average molecular weight is 288 g/mol. The zero-order valence-electron chi connectivity index (χ0n) is 12.6. The molecule has 1 aromatic carbocycles. The number of rotatable bonds is 6. The van der Waals surface area contributed by atoms with E-state index in [2.05, 4.69) is 27.1 Å². The van der Waals surface area contributed by atoms with Crippen molar-refractivity contribution in [2.24, 2.45) is 0 Å². The van der Waals surface area contributed by atoms with Gasteiger partial charge in [0, 0.05) is 24.3 Å². The van der Waals surface area contributed by atoms with E-state index in [-0.39, 0.29) is 5.76 Å². The molecule has 0 atom stereocenters. The molecule has 21 heavy (non-hydrogen) atoms. The molecule has 1 N–H and O–H groups in total. The van der Waals surface area contributed by atoms with E-state index in [0.717, 1.165) is 17.8 Å². The molecule has 0 amide bonds. The molecule has 2 rings (SSSR count). The normalized spacial score (nSPS) is 10.7. The van der Waals surface area contributed by atoms with Crippen molar-refractivity contribution in [3.8, 4) is 0 Å². The monoisotopic (exact) mass is 288 g/mol. The Kier molecular flexibility index (Phi) is 5.00. The molecule has 0 fully saturated rings. The molecule has 0 saturated carbocycles.